The fourth-order valence-electron chi connectivity index (χ4n) is 5.24. The molecule has 1 aromatic carbocycles. The number of anilines is 2. The molecule has 2 saturated heterocycles. The SMILES string of the molecule is O=C(CN1C[C@@H]2COCCN2c2nc(-c3cccc4[nH]ccc34)ncc21)NCC1CCOCC1. The molecule has 0 spiro atoms. The summed E-state index contributed by atoms with van der Waals surface area (Å²) in [4.78, 5) is 30.3. The first-order chi connectivity index (χ1) is 16.8. The molecule has 3 aliphatic rings. The maximum Gasteiger partial charge on any atom is 0.239 e. The predicted molar refractivity (Wildman–Crippen MR) is 130 cm³/mol. The van der Waals surface area contributed by atoms with Crippen LogP contribution in [0.3, 0.4) is 0 Å². The Labute approximate surface area is 198 Å². The second kappa shape index (κ2) is 9.23. The molecule has 0 radical (unpaired) electrons. The number of carbonyl (C=O) groups excluding carboxylic acids is 1. The number of ether oxygens (including phenoxy) is 2. The van der Waals surface area contributed by atoms with Gasteiger partial charge in [-0.3, -0.25) is 4.79 Å². The molecule has 5 heterocycles. The number of aromatic nitrogens is 3. The van der Waals surface area contributed by atoms with Gasteiger partial charge in [-0.25, -0.2) is 9.97 Å². The Hall–Kier alpha value is -3.17. The van der Waals surface area contributed by atoms with E-state index in [1.54, 1.807) is 0 Å². The third-order valence-electron chi connectivity index (χ3n) is 7.12. The molecule has 178 valence electrons. The van der Waals surface area contributed by atoms with Crippen molar-refractivity contribution in [3.63, 3.8) is 0 Å². The van der Waals surface area contributed by atoms with E-state index in [0.717, 1.165) is 60.6 Å². The van der Waals surface area contributed by atoms with Crippen molar-refractivity contribution in [2.75, 3.05) is 62.4 Å². The first-order valence-electron chi connectivity index (χ1n) is 12.1. The van der Waals surface area contributed by atoms with Crippen LogP contribution in [0.15, 0.2) is 36.7 Å². The van der Waals surface area contributed by atoms with Crippen molar-refractivity contribution in [1.82, 2.24) is 20.3 Å². The monoisotopic (exact) mass is 462 g/mol. The molecule has 0 unspecified atom stereocenters. The van der Waals surface area contributed by atoms with Gasteiger partial charge in [0.05, 0.1) is 37.7 Å². The summed E-state index contributed by atoms with van der Waals surface area (Å²) in [7, 11) is 0. The predicted octanol–water partition coefficient (Wildman–Crippen LogP) is 2.19. The maximum atomic E-state index is 12.9. The van der Waals surface area contributed by atoms with Crippen LogP contribution in [-0.4, -0.2) is 79.5 Å². The van der Waals surface area contributed by atoms with Crippen molar-refractivity contribution >= 4 is 28.3 Å². The number of H-pyrrole nitrogens is 1. The summed E-state index contributed by atoms with van der Waals surface area (Å²) in [5.41, 5.74) is 2.97. The molecule has 9 nitrogen and oxygen atoms in total. The van der Waals surface area contributed by atoms with E-state index in [1.807, 2.05) is 18.5 Å². The summed E-state index contributed by atoms with van der Waals surface area (Å²) in [6.45, 7) is 5.37. The van der Waals surface area contributed by atoms with Crippen molar-refractivity contribution in [3.05, 3.63) is 36.7 Å². The van der Waals surface area contributed by atoms with Gasteiger partial charge < -0.3 is 29.6 Å². The van der Waals surface area contributed by atoms with Gasteiger partial charge in [0.25, 0.3) is 0 Å². The van der Waals surface area contributed by atoms with E-state index in [9.17, 15) is 4.79 Å². The molecule has 2 N–H and O–H groups in total. The lowest BCUT2D eigenvalue weighted by Gasteiger charge is -2.45. The topological polar surface area (TPSA) is 95.6 Å². The Morgan fingerprint density at radius 3 is 3.00 bits per heavy atom. The largest absolute Gasteiger partial charge is 0.381 e. The van der Waals surface area contributed by atoms with Gasteiger partial charge in [0.2, 0.25) is 5.91 Å². The zero-order valence-corrected chi connectivity index (χ0v) is 19.2. The summed E-state index contributed by atoms with van der Waals surface area (Å²) >= 11 is 0. The average Bonchev–Trinajstić information content (AvgIpc) is 3.37. The van der Waals surface area contributed by atoms with Gasteiger partial charge >= 0.3 is 0 Å². The van der Waals surface area contributed by atoms with Crippen LogP contribution in [0.1, 0.15) is 12.8 Å². The van der Waals surface area contributed by atoms with Gasteiger partial charge in [-0.05, 0) is 30.9 Å². The Morgan fingerprint density at radius 2 is 2.09 bits per heavy atom. The normalized spacial score (nSPS) is 20.8. The summed E-state index contributed by atoms with van der Waals surface area (Å²) < 4.78 is 11.2. The van der Waals surface area contributed by atoms with Crippen LogP contribution in [0.4, 0.5) is 11.5 Å². The molecule has 0 bridgehead atoms. The van der Waals surface area contributed by atoms with Gasteiger partial charge in [-0.15, -0.1) is 0 Å². The van der Waals surface area contributed by atoms with Crippen LogP contribution >= 0.6 is 0 Å². The summed E-state index contributed by atoms with van der Waals surface area (Å²) in [5, 5.41) is 4.23. The average molecular weight is 463 g/mol. The molecular weight excluding hydrogens is 432 g/mol. The Kier molecular flexibility index (Phi) is 5.80. The number of hydrogen-bond donors (Lipinski definition) is 2. The number of morpholine rings is 1. The smallest absolute Gasteiger partial charge is 0.239 e. The molecule has 34 heavy (non-hydrogen) atoms. The number of fused-ring (bicyclic) bond motifs is 4. The van der Waals surface area contributed by atoms with Crippen molar-refractivity contribution in [2.45, 2.75) is 18.9 Å². The van der Waals surface area contributed by atoms with E-state index in [2.05, 4.69) is 38.3 Å². The number of benzene rings is 1. The second-order valence-corrected chi connectivity index (χ2v) is 9.31. The van der Waals surface area contributed by atoms with E-state index in [4.69, 9.17) is 19.4 Å². The molecule has 6 rings (SSSR count). The maximum absolute atomic E-state index is 12.9. The van der Waals surface area contributed by atoms with Crippen molar-refractivity contribution < 1.29 is 14.3 Å². The van der Waals surface area contributed by atoms with Gasteiger partial charge in [-0.2, -0.15) is 0 Å². The van der Waals surface area contributed by atoms with E-state index in [0.29, 0.717) is 38.0 Å². The molecule has 3 aromatic rings. The first-order valence-corrected chi connectivity index (χ1v) is 12.1. The highest BCUT2D eigenvalue weighted by Crippen LogP contribution is 2.36. The second-order valence-electron chi connectivity index (χ2n) is 9.31. The van der Waals surface area contributed by atoms with Crippen molar-refractivity contribution in [2.24, 2.45) is 5.92 Å². The zero-order chi connectivity index (χ0) is 22.9. The number of amides is 1. The minimum atomic E-state index is 0.0313. The van der Waals surface area contributed by atoms with E-state index in [1.165, 1.54) is 0 Å². The fourth-order valence-corrected chi connectivity index (χ4v) is 5.24. The van der Waals surface area contributed by atoms with Crippen LogP contribution < -0.4 is 15.1 Å². The number of aromatic amines is 1. The third-order valence-corrected chi connectivity index (χ3v) is 7.12. The molecule has 2 aromatic heterocycles. The van der Waals surface area contributed by atoms with Gasteiger partial charge in [0.1, 0.15) is 0 Å². The third kappa shape index (κ3) is 4.10. The number of hydrogen-bond acceptors (Lipinski definition) is 7. The Bertz CT molecular complexity index is 1170. The van der Waals surface area contributed by atoms with E-state index >= 15 is 0 Å². The van der Waals surface area contributed by atoms with Crippen LogP contribution in [0.5, 0.6) is 0 Å². The minimum Gasteiger partial charge on any atom is -0.381 e. The first kappa shape index (κ1) is 21.4. The van der Waals surface area contributed by atoms with Gasteiger partial charge in [0, 0.05) is 55.5 Å². The summed E-state index contributed by atoms with van der Waals surface area (Å²) in [6, 6.07) is 8.34. The lowest BCUT2D eigenvalue weighted by Crippen LogP contribution is -2.57. The standard InChI is InChI=1S/C25H30N6O3/c32-23(27-12-17-5-9-33-10-6-17)15-30-14-18-16-34-11-8-31(18)25-22(30)13-28-24(29-25)20-2-1-3-21-19(20)4-7-26-21/h1-4,7,13,17-18,26H,5-6,8-12,14-16H2,(H,27,32)/t18-/m1/s1. The highest BCUT2D eigenvalue weighted by Gasteiger charge is 2.35. The van der Waals surface area contributed by atoms with Crippen LogP contribution in [0, 0.1) is 5.92 Å². The van der Waals surface area contributed by atoms with Gasteiger partial charge in [-0.1, -0.05) is 12.1 Å². The Morgan fingerprint density at radius 1 is 1.18 bits per heavy atom. The van der Waals surface area contributed by atoms with Gasteiger partial charge in [0.15, 0.2) is 11.6 Å². The van der Waals surface area contributed by atoms with E-state index in [-0.39, 0.29) is 18.5 Å². The highest BCUT2D eigenvalue weighted by molar-refractivity contribution is 5.94. The Balaban J connectivity index is 1.26. The van der Waals surface area contributed by atoms with Crippen LogP contribution in [0.2, 0.25) is 0 Å². The van der Waals surface area contributed by atoms with Crippen molar-refractivity contribution in [1.29, 1.82) is 0 Å². The molecule has 3 aliphatic heterocycles. The molecule has 0 aliphatic carbocycles. The molecular formula is C25H30N6O3. The minimum absolute atomic E-state index is 0.0313. The lowest BCUT2D eigenvalue weighted by atomic mass is 10.0. The molecule has 1 amide bonds. The fraction of sp³-hybridized carbons (Fsp3) is 0.480. The van der Waals surface area contributed by atoms with E-state index < -0.39 is 0 Å². The van der Waals surface area contributed by atoms with Crippen LogP contribution in [0.25, 0.3) is 22.3 Å². The van der Waals surface area contributed by atoms with Crippen molar-refractivity contribution in [3.8, 4) is 11.4 Å². The molecule has 0 saturated carbocycles. The summed E-state index contributed by atoms with van der Waals surface area (Å²) in [5.74, 6) is 2.11. The number of nitrogens with zero attached hydrogens (tertiary/aromatic N) is 4. The number of nitrogens with one attached hydrogen (secondary N) is 2. The van der Waals surface area contributed by atoms with Crippen LogP contribution in [-0.2, 0) is 14.3 Å². The highest BCUT2D eigenvalue weighted by atomic mass is 16.5. The number of rotatable bonds is 5. The quantitative estimate of drug-likeness (QED) is 0.600. The lowest BCUT2D eigenvalue weighted by molar-refractivity contribution is -0.120. The molecule has 9 heteroatoms. The zero-order valence-electron chi connectivity index (χ0n) is 19.2. The molecule has 1 atom stereocenters. The molecule has 2 fully saturated rings. The number of carbonyl (C=O) groups is 1. The summed E-state index contributed by atoms with van der Waals surface area (Å²) in [6.07, 6.45) is 5.82.